The fraction of sp³-hybridized carbons (Fsp3) is 0.632. The van der Waals surface area contributed by atoms with Crippen LogP contribution in [0.2, 0.25) is 0 Å². The number of rotatable bonds is 6. The number of hydrogen-bond donors (Lipinski definition) is 2. The lowest BCUT2D eigenvalue weighted by Crippen LogP contribution is -2.40. The van der Waals surface area contributed by atoms with Crippen molar-refractivity contribution in [2.75, 3.05) is 24.6 Å². The lowest BCUT2D eigenvalue weighted by atomic mass is 10.1. The molecule has 146 valence electrons. The first-order valence-electron chi connectivity index (χ1n) is 9.18. The second-order valence-corrected chi connectivity index (χ2v) is 9.90. The monoisotopic (exact) mass is 381 g/mol. The summed E-state index contributed by atoms with van der Waals surface area (Å²) in [6, 6.07) is 7.90. The minimum absolute atomic E-state index is 0.153. The van der Waals surface area contributed by atoms with Gasteiger partial charge in [-0.1, -0.05) is 18.2 Å². The lowest BCUT2D eigenvalue weighted by molar-refractivity contribution is 0.129. The van der Waals surface area contributed by atoms with E-state index in [1.54, 1.807) is 0 Å². The third-order valence-electron chi connectivity index (χ3n) is 4.03. The topological polar surface area (TPSA) is 79.8 Å². The molecule has 2 rings (SSSR count). The van der Waals surface area contributed by atoms with E-state index in [1.807, 2.05) is 52.0 Å². The SMILES string of the molecule is CCNC(=NCc1ccccc1OC(C)(C)C)NCC1CCS(=O)(=O)C1. The summed E-state index contributed by atoms with van der Waals surface area (Å²) < 4.78 is 29.2. The van der Waals surface area contributed by atoms with E-state index < -0.39 is 9.84 Å². The van der Waals surface area contributed by atoms with Gasteiger partial charge in [0.25, 0.3) is 0 Å². The molecule has 1 fully saturated rings. The Morgan fingerprint density at radius 2 is 2.00 bits per heavy atom. The largest absolute Gasteiger partial charge is 0.488 e. The number of hydrogen-bond acceptors (Lipinski definition) is 4. The molecule has 6 nitrogen and oxygen atoms in total. The first-order chi connectivity index (χ1) is 12.2. The summed E-state index contributed by atoms with van der Waals surface area (Å²) in [6.45, 7) is 9.93. The van der Waals surface area contributed by atoms with Gasteiger partial charge in [0, 0.05) is 18.7 Å². The zero-order valence-corrected chi connectivity index (χ0v) is 17.0. The highest BCUT2D eigenvalue weighted by atomic mass is 32.2. The zero-order valence-electron chi connectivity index (χ0n) is 16.2. The number of nitrogens with zero attached hydrogens (tertiary/aromatic N) is 1. The van der Waals surface area contributed by atoms with Crippen LogP contribution in [0.25, 0.3) is 0 Å². The molecule has 0 aromatic heterocycles. The standard InChI is InChI=1S/C19H31N3O3S/c1-5-20-18(21-12-15-10-11-26(23,24)14-15)22-13-16-8-6-7-9-17(16)25-19(2,3)4/h6-9,15H,5,10-14H2,1-4H3,(H2,20,21,22). The van der Waals surface area contributed by atoms with E-state index in [9.17, 15) is 8.42 Å². The van der Waals surface area contributed by atoms with Gasteiger partial charge in [-0.25, -0.2) is 13.4 Å². The number of aliphatic imine (C=N–C) groups is 1. The van der Waals surface area contributed by atoms with Gasteiger partial charge in [0.2, 0.25) is 0 Å². The molecule has 0 saturated carbocycles. The zero-order chi connectivity index (χ0) is 19.2. The molecule has 1 unspecified atom stereocenters. The normalized spacial score (nSPS) is 20.0. The maximum absolute atomic E-state index is 11.6. The van der Waals surface area contributed by atoms with Crippen LogP contribution in [0.15, 0.2) is 29.3 Å². The quantitative estimate of drug-likeness (QED) is 0.584. The Morgan fingerprint density at radius 1 is 1.27 bits per heavy atom. The molecule has 1 aromatic carbocycles. The summed E-state index contributed by atoms with van der Waals surface area (Å²) >= 11 is 0. The third kappa shape index (κ3) is 6.86. The Bertz CT molecular complexity index is 724. The minimum Gasteiger partial charge on any atom is -0.488 e. The Hall–Kier alpha value is -1.76. The first kappa shape index (κ1) is 20.6. The van der Waals surface area contributed by atoms with Gasteiger partial charge in [0.1, 0.15) is 11.4 Å². The highest BCUT2D eigenvalue weighted by molar-refractivity contribution is 7.91. The second kappa shape index (κ2) is 8.75. The molecule has 1 heterocycles. The second-order valence-electron chi connectivity index (χ2n) is 7.67. The van der Waals surface area contributed by atoms with Gasteiger partial charge in [0.15, 0.2) is 15.8 Å². The van der Waals surface area contributed by atoms with Crippen LogP contribution in [0, 0.1) is 5.92 Å². The molecule has 1 aliphatic rings. The van der Waals surface area contributed by atoms with Crippen LogP contribution >= 0.6 is 0 Å². The molecular formula is C19H31N3O3S. The summed E-state index contributed by atoms with van der Waals surface area (Å²) in [6.07, 6.45) is 0.719. The molecule has 1 atom stereocenters. The highest BCUT2D eigenvalue weighted by Gasteiger charge is 2.27. The van der Waals surface area contributed by atoms with Gasteiger partial charge < -0.3 is 15.4 Å². The maximum atomic E-state index is 11.6. The predicted molar refractivity (Wildman–Crippen MR) is 106 cm³/mol. The van der Waals surface area contributed by atoms with Gasteiger partial charge >= 0.3 is 0 Å². The lowest BCUT2D eigenvalue weighted by Gasteiger charge is -2.23. The summed E-state index contributed by atoms with van der Waals surface area (Å²) in [5, 5.41) is 6.49. The smallest absolute Gasteiger partial charge is 0.191 e. The van der Waals surface area contributed by atoms with Crippen molar-refractivity contribution in [3.63, 3.8) is 0 Å². The van der Waals surface area contributed by atoms with E-state index in [0.29, 0.717) is 24.8 Å². The van der Waals surface area contributed by atoms with Crippen molar-refractivity contribution in [1.29, 1.82) is 0 Å². The van der Waals surface area contributed by atoms with Crippen molar-refractivity contribution in [3.05, 3.63) is 29.8 Å². The van der Waals surface area contributed by atoms with Gasteiger partial charge in [0.05, 0.1) is 18.1 Å². The number of para-hydroxylation sites is 1. The molecule has 0 radical (unpaired) electrons. The van der Waals surface area contributed by atoms with Gasteiger partial charge in [-0.2, -0.15) is 0 Å². The number of nitrogens with one attached hydrogen (secondary N) is 2. The van der Waals surface area contributed by atoms with E-state index >= 15 is 0 Å². The van der Waals surface area contributed by atoms with Crippen LogP contribution in [0.4, 0.5) is 0 Å². The van der Waals surface area contributed by atoms with E-state index in [0.717, 1.165) is 24.3 Å². The number of sulfone groups is 1. The van der Waals surface area contributed by atoms with E-state index in [1.165, 1.54) is 0 Å². The van der Waals surface area contributed by atoms with E-state index in [4.69, 9.17) is 4.74 Å². The number of guanidine groups is 1. The molecule has 26 heavy (non-hydrogen) atoms. The molecule has 1 aromatic rings. The average molecular weight is 382 g/mol. The summed E-state index contributed by atoms with van der Waals surface area (Å²) in [4.78, 5) is 4.64. The Morgan fingerprint density at radius 3 is 2.62 bits per heavy atom. The Balaban J connectivity index is 2.00. The average Bonchev–Trinajstić information content (AvgIpc) is 2.89. The molecule has 0 bridgehead atoms. The Kier molecular flexibility index (Phi) is 6.92. The summed E-state index contributed by atoms with van der Waals surface area (Å²) in [5.74, 6) is 2.25. The molecule has 2 N–H and O–H groups in total. The maximum Gasteiger partial charge on any atom is 0.191 e. The van der Waals surface area contributed by atoms with E-state index in [2.05, 4.69) is 15.6 Å². The van der Waals surface area contributed by atoms with Crippen molar-refractivity contribution in [2.45, 2.75) is 46.3 Å². The number of benzene rings is 1. The Labute approximate surface area is 157 Å². The van der Waals surface area contributed by atoms with Crippen LogP contribution in [0.1, 0.15) is 39.7 Å². The fourth-order valence-corrected chi connectivity index (χ4v) is 4.71. The van der Waals surface area contributed by atoms with Gasteiger partial charge in [-0.3, -0.25) is 0 Å². The van der Waals surface area contributed by atoms with Gasteiger partial charge in [-0.15, -0.1) is 0 Å². The molecule has 0 amide bonds. The third-order valence-corrected chi connectivity index (χ3v) is 5.86. The molecule has 0 aliphatic carbocycles. The van der Waals surface area contributed by atoms with Crippen molar-refractivity contribution in [2.24, 2.45) is 10.9 Å². The van der Waals surface area contributed by atoms with Crippen LogP contribution in [-0.2, 0) is 16.4 Å². The first-order valence-corrected chi connectivity index (χ1v) is 11.0. The van der Waals surface area contributed by atoms with Crippen LogP contribution in [0.3, 0.4) is 0 Å². The minimum atomic E-state index is -2.85. The van der Waals surface area contributed by atoms with Crippen molar-refractivity contribution >= 4 is 15.8 Å². The van der Waals surface area contributed by atoms with E-state index in [-0.39, 0.29) is 17.3 Å². The molecular weight excluding hydrogens is 350 g/mol. The molecule has 7 heteroatoms. The summed E-state index contributed by atoms with van der Waals surface area (Å²) in [7, 11) is -2.85. The van der Waals surface area contributed by atoms with Gasteiger partial charge in [-0.05, 0) is 46.1 Å². The van der Waals surface area contributed by atoms with Crippen molar-refractivity contribution in [3.8, 4) is 5.75 Å². The van der Waals surface area contributed by atoms with Crippen LogP contribution in [0.5, 0.6) is 5.75 Å². The number of ether oxygens (including phenoxy) is 1. The van der Waals surface area contributed by atoms with Crippen molar-refractivity contribution in [1.82, 2.24) is 10.6 Å². The molecule has 1 aliphatic heterocycles. The van der Waals surface area contributed by atoms with Crippen LogP contribution in [-0.4, -0.2) is 44.6 Å². The summed E-state index contributed by atoms with van der Waals surface area (Å²) in [5.41, 5.74) is 0.749. The molecule has 0 spiro atoms. The van der Waals surface area contributed by atoms with Crippen molar-refractivity contribution < 1.29 is 13.2 Å². The van der Waals surface area contributed by atoms with Crippen LogP contribution < -0.4 is 15.4 Å². The molecule has 1 saturated heterocycles. The predicted octanol–water partition coefficient (Wildman–Crippen LogP) is 2.35. The fourth-order valence-electron chi connectivity index (χ4n) is 2.84. The highest BCUT2D eigenvalue weighted by Crippen LogP contribution is 2.23.